The first kappa shape index (κ1) is 22.5. The minimum Gasteiger partial charge on any atom is -0.445 e. The van der Waals surface area contributed by atoms with E-state index >= 15 is 0 Å². The Labute approximate surface area is 183 Å². The van der Waals surface area contributed by atoms with E-state index in [0.29, 0.717) is 6.54 Å². The molecule has 0 saturated carbocycles. The molecule has 8 nitrogen and oxygen atoms in total. The van der Waals surface area contributed by atoms with Crippen LogP contribution in [0.1, 0.15) is 46.1 Å². The van der Waals surface area contributed by atoms with E-state index in [-0.39, 0.29) is 18.2 Å². The molecule has 3 heterocycles. The molecule has 8 heteroatoms. The fraction of sp³-hybridized carbons (Fsp3) is 0.696. The molecule has 1 aromatic carbocycles. The molecule has 1 amide bonds. The molecular weight excluding hydrogens is 400 g/mol. The second-order valence-corrected chi connectivity index (χ2v) is 9.75. The van der Waals surface area contributed by atoms with Crippen LogP contribution in [-0.4, -0.2) is 71.2 Å². The molecule has 0 radical (unpaired) electrons. The van der Waals surface area contributed by atoms with Crippen LogP contribution in [0.25, 0.3) is 0 Å². The van der Waals surface area contributed by atoms with Gasteiger partial charge in [0.05, 0.1) is 0 Å². The molecule has 4 rings (SSSR count). The first-order valence-corrected chi connectivity index (χ1v) is 11.0. The SMILES string of the molecule is CC1(NC(=O)OCc2ccccc2)CCN(C[C@H]2OC3(C)OC(C)(C)O[C@@H]3[C@H]2O)CC1. The molecule has 0 bridgehead atoms. The van der Waals surface area contributed by atoms with Crippen molar-refractivity contribution in [1.29, 1.82) is 0 Å². The molecular formula is C23H34N2O6. The Kier molecular flexibility index (Phi) is 6.04. The van der Waals surface area contributed by atoms with Gasteiger partial charge in [-0.25, -0.2) is 4.79 Å². The Bertz CT molecular complexity index is 780. The highest BCUT2D eigenvalue weighted by atomic mass is 16.9. The van der Waals surface area contributed by atoms with Crippen LogP contribution in [-0.2, 0) is 25.6 Å². The highest BCUT2D eigenvalue weighted by molar-refractivity contribution is 5.68. The maximum absolute atomic E-state index is 12.3. The lowest BCUT2D eigenvalue weighted by molar-refractivity contribution is -0.256. The lowest BCUT2D eigenvalue weighted by atomic mass is 9.89. The zero-order chi connectivity index (χ0) is 22.3. The Morgan fingerprint density at radius 3 is 2.48 bits per heavy atom. The van der Waals surface area contributed by atoms with E-state index in [0.717, 1.165) is 31.5 Å². The van der Waals surface area contributed by atoms with Gasteiger partial charge in [-0.3, -0.25) is 0 Å². The van der Waals surface area contributed by atoms with Crippen LogP contribution in [0.5, 0.6) is 0 Å². The predicted octanol–water partition coefficient (Wildman–Crippen LogP) is 2.39. The van der Waals surface area contributed by atoms with Gasteiger partial charge in [-0.05, 0) is 46.1 Å². The van der Waals surface area contributed by atoms with Crippen LogP contribution in [0.15, 0.2) is 30.3 Å². The van der Waals surface area contributed by atoms with Gasteiger partial charge >= 0.3 is 6.09 Å². The number of nitrogens with zero attached hydrogens (tertiary/aromatic N) is 1. The van der Waals surface area contributed by atoms with Gasteiger partial charge in [-0.1, -0.05) is 30.3 Å². The number of nitrogens with one attached hydrogen (secondary N) is 1. The van der Waals surface area contributed by atoms with E-state index in [1.807, 2.05) is 58.0 Å². The van der Waals surface area contributed by atoms with Gasteiger partial charge in [0.1, 0.15) is 24.9 Å². The maximum Gasteiger partial charge on any atom is 0.407 e. The average Bonchev–Trinajstić information content (AvgIpc) is 3.08. The third-order valence-electron chi connectivity index (χ3n) is 6.47. The van der Waals surface area contributed by atoms with Gasteiger partial charge in [0, 0.05) is 25.2 Å². The highest BCUT2D eigenvalue weighted by Crippen LogP contribution is 2.45. The first-order chi connectivity index (χ1) is 14.6. The molecule has 4 atom stereocenters. The van der Waals surface area contributed by atoms with Crippen molar-refractivity contribution in [2.75, 3.05) is 19.6 Å². The Morgan fingerprint density at radius 2 is 1.84 bits per heavy atom. The standard InChI is InChI=1S/C23H34N2O6/c1-21(2)30-19-18(26)17(29-23(19,4)31-21)14-25-12-10-22(3,11-13-25)24-20(27)28-15-16-8-6-5-7-9-16/h5-9,17-19,26H,10-15H2,1-4H3,(H,24,27)/t17-,18+,19-,23?/m1/s1. The number of amides is 1. The van der Waals surface area contributed by atoms with Gasteiger partial charge in [-0.15, -0.1) is 0 Å². The summed E-state index contributed by atoms with van der Waals surface area (Å²) in [4.78, 5) is 14.5. The van der Waals surface area contributed by atoms with Crippen LogP contribution in [0.3, 0.4) is 0 Å². The number of rotatable bonds is 5. The van der Waals surface area contributed by atoms with Gasteiger partial charge in [0.2, 0.25) is 0 Å². The fourth-order valence-electron chi connectivity index (χ4n) is 4.78. The second-order valence-electron chi connectivity index (χ2n) is 9.75. The van der Waals surface area contributed by atoms with Crippen LogP contribution < -0.4 is 5.32 Å². The number of carbonyl (C=O) groups is 1. The second kappa shape index (κ2) is 8.33. The predicted molar refractivity (Wildman–Crippen MR) is 113 cm³/mol. The van der Waals surface area contributed by atoms with Crippen molar-refractivity contribution >= 4 is 6.09 Å². The Balaban J connectivity index is 1.23. The normalized spacial score (nSPS) is 34.3. The molecule has 0 spiro atoms. The van der Waals surface area contributed by atoms with Crippen molar-refractivity contribution in [2.45, 2.75) is 82.6 Å². The first-order valence-electron chi connectivity index (χ1n) is 11.0. The van der Waals surface area contributed by atoms with E-state index in [1.54, 1.807) is 0 Å². The number of piperidine rings is 1. The van der Waals surface area contributed by atoms with Crippen LogP contribution in [0, 0.1) is 0 Å². The lowest BCUT2D eigenvalue weighted by Crippen LogP contribution is -2.55. The summed E-state index contributed by atoms with van der Waals surface area (Å²) in [5, 5.41) is 13.8. The Hall–Kier alpha value is -1.71. The van der Waals surface area contributed by atoms with Crippen LogP contribution in [0.4, 0.5) is 4.79 Å². The van der Waals surface area contributed by atoms with E-state index in [4.69, 9.17) is 18.9 Å². The molecule has 1 unspecified atom stereocenters. The zero-order valence-corrected chi connectivity index (χ0v) is 18.8. The number of fused-ring (bicyclic) bond motifs is 1. The van der Waals surface area contributed by atoms with E-state index in [9.17, 15) is 9.90 Å². The van der Waals surface area contributed by atoms with E-state index in [1.165, 1.54) is 0 Å². The lowest BCUT2D eigenvalue weighted by Gasteiger charge is -2.40. The fourth-order valence-corrected chi connectivity index (χ4v) is 4.78. The molecule has 0 aromatic heterocycles. The third kappa shape index (κ3) is 5.04. The van der Waals surface area contributed by atoms with Gasteiger partial charge in [-0.2, -0.15) is 0 Å². The zero-order valence-electron chi connectivity index (χ0n) is 18.8. The minimum atomic E-state index is -0.929. The molecule has 2 N–H and O–H groups in total. The molecule has 0 aliphatic carbocycles. The number of likely N-dealkylation sites (tertiary alicyclic amines) is 1. The molecule has 1 aromatic rings. The number of aliphatic hydroxyl groups is 1. The van der Waals surface area contributed by atoms with Crippen molar-refractivity contribution in [2.24, 2.45) is 0 Å². The monoisotopic (exact) mass is 434 g/mol. The maximum atomic E-state index is 12.3. The summed E-state index contributed by atoms with van der Waals surface area (Å²) in [7, 11) is 0. The number of carbonyl (C=O) groups excluding carboxylic acids is 1. The minimum absolute atomic E-state index is 0.257. The van der Waals surface area contributed by atoms with Crippen molar-refractivity contribution in [1.82, 2.24) is 10.2 Å². The number of benzene rings is 1. The average molecular weight is 435 g/mol. The molecule has 3 aliphatic heterocycles. The quantitative estimate of drug-likeness (QED) is 0.736. The van der Waals surface area contributed by atoms with Gasteiger partial charge in [0.25, 0.3) is 0 Å². The highest BCUT2D eigenvalue weighted by Gasteiger charge is 2.62. The molecule has 3 saturated heterocycles. The molecule has 3 aliphatic rings. The smallest absolute Gasteiger partial charge is 0.407 e. The van der Waals surface area contributed by atoms with Gasteiger partial charge in [0.15, 0.2) is 11.6 Å². The number of hydrogen-bond acceptors (Lipinski definition) is 7. The van der Waals surface area contributed by atoms with E-state index in [2.05, 4.69) is 10.2 Å². The number of alkyl carbamates (subject to hydrolysis) is 1. The molecule has 31 heavy (non-hydrogen) atoms. The van der Waals surface area contributed by atoms with Crippen molar-refractivity contribution < 1.29 is 28.8 Å². The topological polar surface area (TPSA) is 89.5 Å². The number of ether oxygens (including phenoxy) is 4. The summed E-state index contributed by atoms with van der Waals surface area (Å²) in [6, 6.07) is 9.63. The van der Waals surface area contributed by atoms with Gasteiger partial charge < -0.3 is 34.3 Å². The van der Waals surface area contributed by atoms with Crippen molar-refractivity contribution in [3.05, 3.63) is 35.9 Å². The summed E-state index contributed by atoms with van der Waals surface area (Å²) < 4.78 is 23.2. The summed E-state index contributed by atoms with van der Waals surface area (Å²) in [5.41, 5.74) is 0.639. The Morgan fingerprint density at radius 1 is 1.16 bits per heavy atom. The molecule has 172 valence electrons. The van der Waals surface area contributed by atoms with Crippen LogP contribution in [0.2, 0.25) is 0 Å². The third-order valence-corrected chi connectivity index (χ3v) is 6.47. The molecule has 3 fully saturated rings. The largest absolute Gasteiger partial charge is 0.445 e. The summed E-state index contributed by atoms with van der Waals surface area (Å²) in [5.74, 6) is -1.69. The summed E-state index contributed by atoms with van der Waals surface area (Å²) >= 11 is 0. The van der Waals surface area contributed by atoms with Crippen LogP contribution >= 0.6 is 0 Å². The number of hydrogen-bond donors (Lipinski definition) is 2. The number of aliphatic hydroxyl groups excluding tert-OH is 1. The van der Waals surface area contributed by atoms with Crippen molar-refractivity contribution in [3.8, 4) is 0 Å². The summed E-state index contributed by atoms with van der Waals surface area (Å²) in [6.45, 7) is 9.95. The van der Waals surface area contributed by atoms with Crippen molar-refractivity contribution in [3.63, 3.8) is 0 Å². The van der Waals surface area contributed by atoms with E-state index < -0.39 is 29.9 Å². The summed E-state index contributed by atoms with van der Waals surface area (Å²) in [6.07, 6.45) is -0.436.